The molecule has 0 heterocycles. The second-order valence-corrected chi connectivity index (χ2v) is 3.93. The molecule has 0 unspecified atom stereocenters. The van der Waals surface area contributed by atoms with Crippen LogP contribution in [-0.4, -0.2) is 27.3 Å². The average Bonchev–Trinajstić information content (AvgIpc) is 2.38. The lowest BCUT2D eigenvalue weighted by molar-refractivity contribution is 0.354. The molecule has 0 aromatic heterocycles. The van der Waals surface area contributed by atoms with Gasteiger partial charge in [0.05, 0.1) is 14.2 Å². The average molecular weight is 237 g/mol. The Kier molecular flexibility index (Phi) is 5.84. The zero-order chi connectivity index (χ0) is 12.7. The zero-order valence-corrected chi connectivity index (χ0v) is 11.3. The first kappa shape index (κ1) is 13.8. The minimum absolute atomic E-state index is 0.816. The minimum atomic E-state index is 0.816. The van der Waals surface area contributed by atoms with Gasteiger partial charge in [-0.2, -0.15) is 0 Å². The number of hydrogen-bond donors (Lipinski definition) is 1. The fourth-order valence-corrected chi connectivity index (χ4v) is 1.92. The number of nitrogens with one attached hydrogen (secondary N) is 1. The van der Waals surface area contributed by atoms with Crippen LogP contribution in [0.4, 0.5) is 0 Å². The first-order valence-corrected chi connectivity index (χ1v) is 6.21. The lowest BCUT2D eigenvalue weighted by Gasteiger charge is -2.14. The highest BCUT2D eigenvalue weighted by Crippen LogP contribution is 2.30. The third kappa shape index (κ3) is 3.63. The third-order valence-electron chi connectivity index (χ3n) is 2.91. The van der Waals surface area contributed by atoms with Crippen molar-refractivity contribution in [2.24, 2.45) is 0 Å². The Morgan fingerprint density at radius 2 is 1.59 bits per heavy atom. The Balaban J connectivity index is 2.93. The number of ether oxygens (including phenoxy) is 2. The highest BCUT2D eigenvalue weighted by Gasteiger charge is 2.09. The lowest BCUT2D eigenvalue weighted by atomic mass is 10.0. The van der Waals surface area contributed by atoms with Crippen molar-refractivity contribution in [2.45, 2.75) is 26.7 Å². The van der Waals surface area contributed by atoms with Gasteiger partial charge in [0.2, 0.25) is 0 Å². The largest absolute Gasteiger partial charge is 0.493 e. The van der Waals surface area contributed by atoms with Crippen LogP contribution in [0.15, 0.2) is 12.1 Å². The van der Waals surface area contributed by atoms with Gasteiger partial charge in [-0.05, 0) is 49.2 Å². The van der Waals surface area contributed by atoms with Crippen LogP contribution < -0.4 is 14.8 Å². The molecule has 0 atom stereocenters. The molecule has 3 heteroatoms. The molecule has 3 nitrogen and oxygen atoms in total. The summed E-state index contributed by atoms with van der Waals surface area (Å²) in [6, 6.07) is 4.18. The number of aryl methyl sites for hydroxylation is 1. The first-order valence-electron chi connectivity index (χ1n) is 6.21. The van der Waals surface area contributed by atoms with E-state index in [0.29, 0.717) is 0 Å². The van der Waals surface area contributed by atoms with Gasteiger partial charge in [0, 0.05) is 0 Å². The van der Waals surface area contributed by atoms with Crippen LogP contribution in [0.25, 0.3) is 0 Å². The molecule has 0 bridgehead atoms. The van der Waals surface area contributed by atoms with Crippen LogP contribution in [0.5, 0.6) is 11.5 Å². The molecule has 0 aliphatic rings. The maximum absolute atomic E-state index is 5.34. The van der Waals surface area contributed by atoms with Crippen molar-refractivity contribution in [1.82, 2.24) is 5.32 Å². The summed E-state index contributed by atoms with van der Waals surface area (Å²) < 4.78 is 10.7. The molecule has 17 heavy (non-hydrogen) atoms. The molecule has 0 radical (unpaired) electrons. The summed E-state index contributed by atoms with van der Waals surface area (Å²) in [5.74, 6) is 1.63. The van der Waals surface area contributed by atoms with Crippen molar-refractivity contribution in [3.63, 3.8) is 0 Å². The van der Waals surface area contributed by atoms with Gasteiger partial charge in [0.1, 0.15) is 0 Å². The molecule has 1 aromatic carbocycles. The molecule has 1 N–H and O–H groups in total. The fourth-order valence-electron chi connectivity index (χ4n) is 1.92. The second-order valence-electron chi connectivity index (χ2n) is 3.93. The van der Waals surface area contributed by atoms with E-state index in [1.807, 2.05) is 0 Å². The molecule has 0 aliphatic carbocycles. The van der Waals surface area contributed by atoms with E-state index in [4.69, 9.17) is 9.47 Å². The molecule has 0 saturated heterocycles. The Bertz CT molecular complexity index is 350. The van der Waals surface area contributed by atoms with Crippen molar-refractivity contribution in [1.29, 1.82) is 0 Å². The van der Waals surface area contributed by atoms with Crippen molar-refractivity contribution in [3.05, 3.63) is 23.3 Å². The summed E-state index contributed by atoms with van der Waals surface area (Å²) in [6.07, 6.45) is 2.04. The number of likely N-dealkylation sites (N-methyl/N-ethyl adjacent to an activating group) is 1. The van der Waals surface area contributed by atoms with Crippen molar-refractivity contribution < 1.29 is 9.47 Å². The predicted octanol–water partition coefficient (Wildman–Crippen LogP) is 2.42. The molecule has 0 saturated carbocycles. The summed E-state index contributed by atoms with van der Waals surface area (Å²) in [4.78, 5) is 0. The summed E-state index contributed by atoms with van der Waals surface area (Å²) in [5.41, 5.74) is 2.67. The van der Waals surface area contributed by atoms with Crippen molar-refractivity contribution >= 4 is 0 Å². The maximum Gasteiger partial charge on any atom is 0.161 e. The monoisotopic (exact) mass is 237 g/mol. The Morgan fingerprint density at radius 1 is 1.00 bits per heavy atom. The molecule has 0 spiro atoms. The fraction of sp³-hybridized carbons (Fsp3) is 0.571. The third-order valence-corrected chi connectivity index (χ3v) is 2.91. The SMILES string of the molecule is CCNCCc1cc(OC)c(OC)cc1CC. The molecular weight excluding hydrogens is 214 g/mol. The number of rotatable bonds is 7. The van der Waals surface area contributed by atoms with E-state index in [1.165, 1.54) is 11.1 Å². The van der Waals surface area contributed by atoms with Crippen LogP contribution >= 0.6 is 0 Å². The molecule has 0 amide bonds. The minimum Gasteiger partial charge on any atom is -0.493 e. The van der Waals surface area contributed by atoms with Gasteiger partial charge in [0.25, 0.3) is 0 Å². The van der Waals surface area contributed by atoms with Gasteiger partial charge >= 0.3 is 0 Å². The Labute approximate surface area is 104 Å². The first-order chi connectivity index (χ1) is 8.26. The summed E-state index contributed by atoms with van der Waals surface area (Å²) in [5, 5.41) is 3.34. The van der Waals surface area contributed by atoms with E-state index < -0.39 is 0 Å². The molecule has 96 valence electrons. The molecule has 0 fully saturated rings. The Morgan fingerprint density at radius 3 is 2.06 bits per heavy atom. The van der Waals surface area contributed by atoms with Crippen LogP contribution in [-0.2, 0) is 12.8 Å². The van der Waals surface area contributed by atoms with Gasteiger partial charge in [-0.3, -0.25) is 0 Å². The van der Waals surface area contributed by atoms with E-state index in [0.717, 1.165) is 37.4 Å². The van der Waals surface area contributed by atoms with Crippen LogP contribution in [0.3, 0.4) is 0 Å². The van der Waals surface area contributed by atoms with E-state index >= 15 is 0 Å². The normalized spacial score (nSPS) is 10.4. The molecule has 1 aromatic rings. The highest BCUT2D eigenvalue weighted by atomic mass is 16.5. The zero-order valence-electron chi connectivity index (χ0n) is 11.3. The Hall–Kier alpha value is -1.22. The van der Waals surface area contributed by atoms with Gasteiger partial charge in [-0.25, -0.2) is 0 Å². The van der Waals surface area contributed by atoms with Gasteiger partial charge in [0.15, 0.2) is 11.5 Å². The number of benzene rings is 1. The van der Waals surface area contributed by atoms with Crippen LogP contribution in [0.1, 0.15) is 25.0 Å². The van der Waals surface area contributed by atoms with Crippen molar-refractivity contribution in [3.8, 4) is 11.5 Å². The number of hydrogen-bond acceptors (Lipinski definition) is 3. The van der Waals surface area contributed by atoms with Crippen LogP contribution in [0.2, 0.25) is 0 Å². The quantitative estimate of drug-likeness (QED) is 0.739. The van der Waals surface area contributed by atoms with Gasteiger partial charge in [-0.15, -0.1) is 0 Å². The van der Waals surface area contributed by atoms with E-state index in [2.05, 4.69) is 31.3 Å². The second kappa shape index (κ2) is 7.17. The molecule has 0 aliphatic heterocycles. The predicted molar refractivity (Wildman–Crippen MR) is 71.2 cm³/mol. The van der Waals surface area contributed by atoms with E-state index in [1.54, 1.807) is 14.2 Å². The lowest BCUT2D eigenvalue weighted by Crippen LogP contribution is -2.16. The topological polar surface area (TPSA) is 30.5 Å². The summed E-state index contributed by atoms with van der Waals surface area (Å²) in [7, 11) is 3.35. The molecule has 1 rings (SSSR count). The maximum atomic E-state index is 5.34. The van der Waals surface area contributed by atoms with Crippen molar-refractivity contribution in [2.75, 3.05) is 27.3 Å². The smallest absolute Gasteiger partial charge is 0.161 e. The highest BCUT2D eigenvalue weighted by molar-refractivity contribution is 5.47. The summed E-state index contributed by atoms with van der Waals surface area (Å²) >= 11 is 0. The number of methoxy groups -OCH3 is 2. The van der Waals surface area contributed by atoms with E-state index in [-0.39, 0.29) is 0 Å². The van der Waals surface area contributed by atoms with Gasteiger partial charge in [-0.1, -0.05) is 13.8 Å². The molecular formula is C14H23NO2. The van der Waals surface area contributed by atoms with Gasteiger partial charge < -0.3 is 14.8 Å². The summed E-state index contributed by atoms with van der Waals surface area (Å²) in [6.45, 7) is 6.29. The standard InChI is InChI=1S/C14H23NO2/c1-5-11-9-13(16-3)14(17-4)10-12(11)7-8-15-6-2/h9-10,15H,5-8H2,1-4H3. The van der Waals surface area contributed by atoms with E-state index in [9.17, 15) is 0 Å². The van der Waals surface area contributed by atoms with Crippen LogP contribution in [0, 0.1) is 0 Å².